The number of aryl methyl sites for hydroxylation is 1. The first kappa shape index (κ1) is 10.9. The summed E-state index contributed by atoms with van der Waals surface area (Å²) in [5.74, 6) is 0.809. The van der Waals surface area contributed by atoms with E-state index in [9.17, 15) is 0 Å². The highest BCUT2D eigenvalue weighted by Gasteiger charge is 2.05. The van der Waals surface area contributed by atoms with E-state index in [0.717, 1.165) is 23.1 Å². The predicted molar refractivity (Wildman–Crippen MR) is 61.6 cm³/mol. The predicted octanol–water partition coefficient (Wildman–Crippen LogP) is 2.36. The van der Waals surface area contributed by atoms with E-state index in [0.29, 0.717) is 5.22 Å². The van der Waals surface area contributed by atoms with Gasteiger partial charge < -0.3 is 9.73 Å². The molecule has 16 heavy (non-hydrogen) atoms. The minimum Gasteiger partial charge on any atom is -0.439 e. The average molecular weight is 236 g/mol. The molecule has 5 nitrogen and oxygen atoms in total. The second kappa shape index (κ2) is 4.98. The Morgan fingerprint density at radius 1 is 1.44 bits per heavy atom. The molecule has 0 atom stereocenters. The van der Waals surface area contributed by atoms with Crippen molar-refractivity contribution in [3.63, 3.8) is 0 Å². The van der Waals surface area contributed by atoms with E-state index in [1.165, 1.54) is 18.1 Å². The number of rotatable bonds is 4. The third kappa shape index (κ3) is 2.73. The lowest BCUT2D eigenvalue weighted by Gasteiger charge is -2.02. The molecule has 1 N–H and O–H groups in total. The van der Waals surface area contributed by atoms with Crippen LogP contribution in [0.3, 0.4) is 0 Å². The Hall–Kier alpha value is -1.56. The van der Waals surface area contributed by atoms with Crippen LogP contribution in [-0.2, 0) is 0 Å². The zero-order valence-corrected chi connectivity index (χ0v) is 9.91. The Morgan fingerprint density at radius 3 is 3.00 bits per heavy atom. The van der Waals surface area contributed by atoms with Crippen LogP contribution in [0.25, 0.3) is 0 Å². The number of oxazole rings is 1. The summed E-state index contributed by atoms with van der Waals surface area (Å²) in [7, 11) is 0. The van der Waals surface area contributed by atoms with E-state index in [4.69, 9.17) is 4.42 Å². The number of hydrogen-bond acceptors (Lipinski definition) is 6. The van der Waals surface area contributed by atoms with Gasteiger partial charge in [-0.3, -0.25) is 0 Å². The van der Waals surface area contributed by atoms with Crippen molar-refractivity contribution in [2.45, 2.75) is 24.1 Å². The van der Waals surface area contributed by atoms with Crippen molar-refractivity contribution in [2.24, 2.45) is 0 Å². The molecule has 0 aromatic carbocycles. The van der Waals surface area contributed by atoms with Gasteiger partial charge in [-0.05, 0) is 25.6 Å². The fourth-order valence-corrected chi connectivity index (χ4v) is 1.88. The Bertz CT molecular complexity index is 471. The minimum absolute atomic E-state index is 0.596. The van der Waals surface area contributed by atoms with Crippen LogP contribution in [0.15, 0.2) is 33.3 Å². The normalized spacial score (nSPS) is 10.4. The van der Waals surface area contributed by atoms with Crippen LogP contribution < -0.4 is 5.32 Å². The molecule has 0 aliphatic heterocycles. The highest BCUT2D eigenvalue weighted by atomic mass is 32.2. The summed E-state index contributed by atoms with van der Waals surface area (Å²) >= 11 is 1.38. The third-order valence-corrected chi connectivity index (χ3v) is 2.58. The first-order valence-electron chi connectivity index (χ1n) is 4.94. The van der Waals surface area contributed by atoms with Crippen LogP contribution in [-0.4, -0.2) is 21.5 Å². The molecule has 2 aromatic heterocycles. The van der Waals surface area contributed by atoms with Gasteiger partial charge in [0.2, 0.25) is 0 Å². The quantitative estimate of drug-likeness (QED) is 0.822. The summed E-state index contributed by atoms with van der Waals surface area (Å²) < 4.78 is 5.24. The first-order valence-corrected chi connectivity index (χ1v) is 5.75. The van der Waals surface area contributed by atoms with Crippen molar-refractivity contribution in [3.05, 3.63) is 24.4 Å². The standard InChI is InChI=1S/C10H12N4OS/c1-3-11-8-4-9(13-6-12-8)16-10-14-7(2)5-15-10/h4-6H,3H2,1-2H3,(H,11,12,13). The Balaban J connectivity index is 2.12. The summed E-state index contributed by atoms with van der Waals surface area (Å²) in [6, 6.07) is 1.87. The van der Waals surface area contributed by atoms with Crippen LogP contribution >= 0.6 is 11.8 Å². The van der Waals surface area contributed by atoms with E-state index in [1.54, 1.807) is 6.26 Å². The number of aromatic nitrogens is 3. The topological polar surface area (TPSA) is 63.8 Å². The Labute approximate surface area is 97.7 Å². The van der Waals surface area contributed by atoms with Gasteiger partial charge in [0.25, 0.3) is 5.22 Å². The van der Waals surface area contributed by atoms with Crippen LogP contribution in [0, 0.1) is 6.92 Å². The Kier molecular flexibility index (Phi) is 3.40. The third-order valence-electron chi connectivity index (χ3n) is 1.79. The number of anilines is 1. The van der Waals surface area contributed by atoms with Gasteiger partial charge in [0, 0.05) is 12.6 Å². The molecule has 0 unspecified atom stereocenters. The van der Waals surface area contributed by atoms with Crippen LogP contribution in [0.1, 0.15) is 12.6 Å². The zero-order valence-electron chi connectivity index (χ0n) is 9.10. The molecule has 0 radical (unpaired) electrons. The minimum atomic E-state index is 0.596. The maximum absolute atomic E-state index is 5.24. The van der Waals surface area contributed by atoms with Crippen molar-refractivity contribution >= 4 is 17.6 Å². The van der Waals surface area contributed by atoms with E-state index in [-0.39, 0.29) is 0 Å². The molecule has 0 fully saturated rings. The van der Waals surface area contributed by atoms with E-state index < -0.39 is 0 Å². The van der Waals surface area contributed by atoms with E-state index in [2.05, 4.69) is 20.3 Å². The molecule has 0 aliphatic rings. The van der Waals surface area contributed by atoms with Crippen molar-refractivity contribution in [3.8, 4) is 0 Å². The number of hydrogen-bond donors (Lipinski definition) is 1. The molecule has 0 saturated heterocycles. The van der Waals surface area contributed by atoms with Gasteiger partial charge in [-0.1, -0.05) is 0 Å². The van der Waals surface area contributed by atoms with Crippen molar-refractivity contribution < 1.29 is 4.42 Å². The number of nitrogens with zero attached hydrogens (tertiary/aromatic N) is 3. The molecule has 0 aliphatic carbocycles. The van der Waals surface area contributed by atoms with Gasteiger partial charge in [-0.2, -0.15) is 0 Å². The lowest BCUT2D eigenvalue weighted by Crippen LogP contribution is -1.99. The highest BCUT2D eigenvalue weighted by molar-refractivity contribution is 7.99. The van der Waals surface area contributed by atoms with Gasteiger partial charge in [0.05, 0.1) is 5.69 Å². The smallest absolute Gasteiger partial charge is 0.262 e. The van der Waals surface area contributed by atoms with Gasteiger partial charge in [0.1, 0.15) is 23.4 Å². The SMILES string of the molecule is CCNc1cc(Sc2nc(C)co2)ncn1. The maximum Gasteiger partial charge on any atom is 0.262 e. The fraction of sp³-hybridized carbons (Fsp3) is 0.300. The summed E-state index contributed by atoms with van der Waals surface area (Å²) in [5.41, 5.74) is 0.864. The molecular weight excluding hydrogens is 224 g/mol. The molecule has 84 valence electrons. The van der Waals surface area contributed by atoms with Gasteiger partial charge in [-0.15, -0.1) is 0 Å². The van der Waals surface area contributed by atoms with Gasteiger partial charge >= 0.3 is 0 Å². The molecule has 0 saturated carbocycles. The summed E-state index contributed by atoms with van der Waals surface area (Å²) in [4.78, 5) is 12.4. The molecule has 2 rings (SSSR count). The molecule has 2 heterocycles. The highest BCUT2D eigenvalue weighted by Crippen LogP contribution is 2.25. The monoisotopic (exact) mass is 236 g/mol. The molecule has 0 bridgehead atoms. The number of nitrogens with one attached hydrogen (secondary N) is 1. The molecule has 2 aromatic rings. The van der Waals surface area contributed by atoms with Crippen LogP contribution in [0.2, 0.25) is 0 Å². The van der Waals surface area contributed by atoms with E-state index >= 15 is 0 Å². The van der Waals surface area contributed by atoms with Gasteiger partial charge in [-0.25, -0.2) is 15.0 Å². The molecular formula is C10H12N4OS. The summed E-state index contributed by atoms with van der Waals surface area (Å²) in [5, 5.41) is 4.53. The second-order valence-corrected chi connectivity index (χ2v) is 4.10. The molecule has 6 heteroatoms. The summed E-state index contributed by atoms with van der Waals surface area (Å²) in [6.45, 7) is 4.74. The average Bonchev–Trinajstić information content (AvgIpc) is 2.65. The van der Waals surface area contributed by atoms with Crippen molar-refractivity contribution in [2.75, 3.05) is 11.9 Å². The van der Waals surface area contributed by atoms with Crippen molar-refractivity contribution in [1.29, 1.82) is 0 Å². The Morgan fingerprint density at radius 2 is 2.31 bits per heavy atom. The maximum atomic E-state index is 5.24. The van der Waals surface area contributed by atoms with Crippen LogP contribution in [0.5, 0.6) is 0 Å². The lowest BCUT2D eigenvalue weighted by atomic mass is 10.5. The molecule has 0 amide bonds. The molecule has 0 spiro atoms. The largest absolute Gasteiger partial charge is 0.439 e. The van der Waals surface area contributed by atoms with Gasteiger partial charge in [0.15, 0.2) is 0 Å². The van der Waals surface area contributed by atoms with Crippen LogP contribution in [0.4, 0.5) is 5.82 Å². The first-order chi connectivity index (χ1) is 7.78. The fourth-order valence-electron chi connectivity index (χ4n) is 1.14. The van der Waals surface area contributed by atoms with Crippen molar-refractivity contribution in [1.82, 2.24) is 15.0 Å². The van der Waals surface area contributed by atoms with E-state index in [1.807, 2.05) is 19.9 Å². The second-order valence-electron chi connectivity index (χ2n) is 3.13. The zero-order chi connectivity index (χ0) is 11.4. The lowest BCUT2D eigenvalue weighted by molar-refractivity contribution is 0.454. The summed E-state index contributed by atoms with van der Waals surface area (Å²) in [6.07, 6.45) is 3.14.